The van der Waals surface area contributed by atoms with Crippen LogP contribution in [0.1, 0.15) is 26.2 Å². The molecule has 1 amide bonds. The third-order valence-corrected chi connectivity index (χ3v) is 4.48. The lowest BCUT2D eigenvalue weighted by atomic mass is 10.2. The van der Waals surface area contributed by atoms with Crippen molar-refractivity contribution in [1.82, 2.24) is 0 Å². The van der Waals surface area contributed by atoms with Crippen molar-refractivity contribution >= 4 is 43.2 Å². The fraction of sp³-hybridized carbons (Fsp3) is 0.462. The average Bonchev–Trinajstić information content (AvgIpc) is 2.41. The maximum absolute atomic E-state index is 11.6. The summed E-state index contributed by atoms with van der Waals surface area (Å²) in [5, 5.41) is 3.67. The molecule has 1 aromatic carbocycles. The summed E-state index contributed by atoms with van der Waals surface area (Å²) >= 11 is 3.32. The molecule has 0 unspecified atom stereocenters. The quantitative estimate of drug-likeness (QED) is 0.551. The number of hydrogen-bond donors (Lipinski definition) is 2. The summed E-state index contributed by atoms with van der Waals surface area (Å²) in [5.41, 5.74) is 1.15. The van der Waals surface area contributed by atoms with E-state index < -0.39 is 10.0 Å². The van der Waals surface area contributed by atoms with E-state index in [-0.39, 0.29) is 11.7 Å². The average molecular weight is 363 g/mol. The van der Waals surface area contributed by atoms with Crippen molar-refractivity contribution in [2.45, 2.75) is 26.2 Å². The van der Waals surface area contributed by atoms with E-state index >= 15 is 0 Å². The van der Waals surface area contributed by atoms with Gasteiger partial charge in [0.1, 0.15) is 0 Å². The SMILES string of the molecule is CCS(=O)(=O)Nc1ccc(NC(=O)CCCCBr)cc1. The number of rotatable bonds is 8. The van der Waals surface area contributed by atoms with Crippen LogP contribution >= 0.6 is 15.9 Å². The van der Waals surface area contributed by atoms with Crippen LogP contribution in [0.5, 0.6) is 0 Å². The van der Waals surface area contributed by atoms with Gasteiger partial charge < -0.3 is 5.32 Å². The molecule has 112 valence electrons. The van der Waals surface area contributed by atoms with Crippen molar-refractivity contribution in [1.29, 1.82) is 0 Å². The minimum atomic E-state index is -3.27. The van der Waals surface area contributed by atoms with Crippen LogP contribution < -0.4 is 10.0 Å². The van der Waals surface area contributed by atoms with Gasteiger partial charge in [0, 0.05) is 23.1 Å². The summed E-state index contributed by atoms with van der Waals surface area (Å²) in [6.07, 6.45) is 2.28. The Kier molecular flexibility index (Phi) is 7.01. The van der Waals surface area contributed by atoms with Crippen molar-refractivity contribution in [3.8, 4) is 0 Å². The molecule has 5 nitrogen and oxygen atoms in total. The predicted molar refractivity (Wildman–Crippen MR) is 85.8 cm³/mol. The molecule has 0 radical (unpaired) electrons. The van der Waals surface area contributed by atoms with E-state index in [1.54, 1.807) is 31.2 Å². The van der Waals surface area contributed by atoms with Gasteiger partial charge in [-0.25, -0.2) is 8.42 Å². The van der Waals surface area contributed by atoms with Gasteiger partial charge in [-0.05, 0) is 44.0 Å². The van der Waals surface area contributed by atoms with Gasteiger partial charge in [0.25, 0.3) is 0 Å². The van der Waals surface area contributed by atoms with Crippen LogP contribution in [-0.2, 0) is 14.8 Å². The number of alkyl halides is 1. The molecule has 1 aromatic rings. The number of sulfonamides is 1. The van der Waals surface area contributed by atoms with Crippen LogP contribution in [0, 0.1) is 0 Å². The summed E-state index contributed by atoms with van der Waals surface area (Å²) in [6.45, 7) is 1.57. The molecule has 0 atom stereocenters. The van der Waals surface area contributed by atoms with Crippen molar-refractivity contribution in [3.05, 3.63) is 24.3 Å². The second-order valence-corrected chi connectivity index (χ2v) is 7.08. The van der Waals surface area contributed by atoms with E-state index in [1.165, 1.54) is 0 Å². The molecule has 0 saturated carbocycles. The second kappa shape index (κ2) is 8.26. The van der Waals surface area contributed by atoms with Crippen LogP contribution in [-0.4, -0.2) is 25.4 Å². The molecule has 0 heterocycles. The van der Waals surface area contributed by atoms with Gasteiger partial charge in [-0.1, -0.05) is 15.9 Å². The van der Waals surface area contributed by atoms with Gasteiger partial charge in [-0.2, -0.15) is 0 Å². The summed E-state index contributed by atoms with van der Waals surface area (Å²) < 4.78 is 25.2. The van der Waals surface area contributed by atoms with Crippen molar-refractivity contribution in [3.63, 3.8) is 0 Å². The molecular formula is C13H19BrN2O3S. The topological polar surface area (TPSA) is 75.3 Å². The fourth-order valence-electron chi connectivity index (χ4n) is 1.48. The maximum atomic E-state index is 11.6. The molecule has 7 heteroatoms. The molecule has 0 saturated heterocycles. The fourth-order valence-corrected chi connectivity index (χ4v) is 2.51. The molecule has 0 aromatic heterocycles. The summed E-state index contributed by atoms with van der Waals surface area (Å²) in [7, 11) is -3.27. The zero-order valence-electron chi connectivity index (χ0n) is 11.4. The number of anilines is 2. The second-order valence-electron chi connectivity index (χ2n) is 4.28. The third-order valence-electron chi connectivity index (χ3n) is 2.61. The first kappa shape index (κ1) is 17.0. The molecular weight excluding hydrogens is 344 g/mol. The Labute approximate surface area is 128 Å². The summed E-state index contributed by atoms with van der Waals surface area (Å²) in [5.74, 6) is -0.00756. The normalized spacial score (nSPS) is 11.1. The third kappa shape index (κ3) is 6.38. The number of amides is 1. The largest absolute Gasteiger partial charge is 0.326 e. The van der Waals surface area contributed by atoms with Crippen LogP contribution in [0.2, 0.25) is 0 Å². The van der Waals surface area contributed by atoms with Gasteiger partial charge >= 0.3 is 0 Å². The highest BCUT2D eigenvalue weighted by Gasteiger charge is 2.07. The predicted octanol–water partition coefficient (Wildman–Crippen LogP) is 2.95. The Hall–Kier alpha value is -1.08. The lowest BCUT2D eigenvalue weighted by molar-refractivity contribution is -0.116. The van der Waals surface area contributed by atoms with E-state index in [1.807, 2.05) is 0 Å². The Morgan fingerprint density at radius 1 is 1.15 bits per heavy atom. The van der Waals surface area contributed by atoms with Crippen LogP contribution in [0.25, 0.3) is 0 Å². The van der Waals surface area contributed by atoms with Crippen LogP contribution in [0.4, 0.5) is 11.4 Å². The number of nitrogens with one attached hydrogen (secondary N) is 2. The maximum Gasteiger partial charge on any atom is 0.232 e. The Morgan fingerprint density at radius 2 is 1.75 bits per heavy atom. The lowest BCUT2D eigenvalue weighted by Gasteiger charge is -2.08. The summed E-state index contributed by atoms with van der Waals surface area (Å²) in [6, 6.07) is 6.61. The number of halogens is 1. The Morgan fingerprint density at radius 3 is 2.30 bits per heavy atom. The van der Waals surface area contributed by atoms with E-state index in [0.29, 0.717) is 17.8 Å². The minimum Gasteiger partial charge on any atom is -0.326 e. The van der Waals surface area contributed by atoms with Crippen molar-refractivity contribution < 1.29 is 13.2 Å². The van der Waals surface area contributed by atoms with Crippen LogP contribution in [0.3, 0.4) is 0 Å². The first-order valence-electron chi connectivity index (χ1n) is 6.43. The molecule has 20 heavy (non-hydrogen) atoms. The van der Waals surface area contributed by atoms with E-state index in [0.717, 1.165) is 18.2 Å². The van der Waals surface area contributed by atoms with Gasteiger partial charge in [0.2, 0.25) is 15.9 Å². The first-order valence-corrected chi connectivity index (χ1v) is 9.20. The van der Waals surface area contributed by atoms with Crippen LogP contribution in [0.15, 0.2) is 24.3 Å². The molecule has 0 aliphatic rings. The monoisotopic (exact) mass is 362 g/mol. The van der Waals surface area contributed by atoms with E-state index in [4.69, 9.17) is 0 Å². The number of benzene rings is 1. The number of unbranched alkanes of at least 4 members (excludes halogenated alkanes) is 1. The number of hydrogen-bond acceptors (Lipinski definition) is 3. The molecule has 0 bridgehead atoms. The highest BCUT2D eigenvalue weighted by atomic mass is 79.9. The smallest absolute Gasteiger partial charge is 0.232 e. The van der Waals surface area contributed by atoms with Crippen molar-refractivity contribution in [2.75, 3.05) is 21.1 Å². The Bertz CT molecular complexity index is 529. The molecule has 0 spiro atoms. The highest BCUT2D eigenvalue weighted by Crippen LogP contribution is 2.15. The molecule has 0 aliphatic carbocycles. The van der Waals surface area contributed by atoms with Gasteiger partial charge in [0.05, 0.1) is 5.75 Å². The molecule has 0 aliphatic heterocycles. The molecule has 1 rings (SSSR count). The van der Waals surface area contributed by atoms with Gasteiger partial charge in [0.15, 0.2) is 0 Å². The lowest BCUT2D eigenvalue weighted by Crippen LogP contribution is -2.15. The molecule has 0 fully saturated rings. The van der Waals surface area contributed by atoms with E-state index in [9.17, 15) is 13.2 Å². The van der Waals surface area contributed by atoms with Gasteiger partial charge in [-0.15, -0.1) is 0 Å². The minimum absolute atomic E-state index is 0.0268. The molecule has 2 N–H and O–H groups in total. The van der Waals surface area contributed by atoms with Gasteiger partial charge in [-0.3, -0.25) is 9.52 Å². The Balaban J connectivity index is 2.52. The standard InChI is InChI=1S/C13H19BrN2O3S/c1-2-20(18,19)16-12-8-6-11(7-9-12)15-13(17)5-3-4-10-14/h6-9,16H,2-5,10H2,1H3,(H,15,17). The van der Waals surface area contributed by atoms with E-state index in [2.05, 4.69) is 26.0 Å². The highest BCUT2D eigenvalue weighted by molar-refractivity contribution is 9.09. The zero-order valence-corrected chi connectivity index (χ0v) is 13.8. The number of carbonyl (C=O) groups is 1. The van der Waals surface area contributed by atoms with Crippen molar-refractivity contribution in [2.24, 2.45) is 0 Å². The number of carbonyl (C=O) groups excluding carboxylic acids is 1. The first-order chi connectivity index (χ1) is 9.46. The zero-order chi connectivity index (χ0) is 15.0. The summed E-state index contributed by atoms with van der Waals surface area (Å²) in [4.78, 5) is 11.6.